The van der Waals surface area contributed by atoms with E-state index < -0.39 is 4.92 Å². The van der Waals surface area contributed by atoms with Gasteiger partial charge in [-0.3, -0.25) is 25.3 Å². The van der Waals surface area contributed by atoms with Crippen LogP contribution in [0.25, 0.3) is 11.4 Å². The predicted octanol–water partition coefficient (Wildman–Crippen LogP) is 3.26. The second kappa shape index (κ2) is 6.60. The van der Waals surface area contributed by atoms with Crippen LogP contribution in [-0.4, -0.2) is 26.0 Å². The van der Waals surface area contributed by atoms with E-state index in [1.807, 2.05) is 0 Å². The zero-order valence-corrected chi connectivity index (χ0v) is 13.9. The third kappa shape index (κ3) is 3.52. The molecule has 1 aromatic heterocycles. The summed E-state index contributed by atoms with van der Waals surface area (Å²) >= 11 is 0. The van der Waals surface area contributed by atoms with Crippen molar-refractivity contribution in [1.29, 1.82) is 0 Å². The molecule has 27 heavy (non-hydrogen) atoms. The molecular formula is C18H14FN5O3. The van der Waals surface area contributed by atoms with Crippen LogP contribution >= 0.6 is 0 Å². The van der Waals surface area contributed by atoms with Crippen molar-refractivity contribution in [3.63, 3.8) is 0 Å². The van der Waals surface area contributed by atoms with E-state index in [1.54, 1.807) is 24.3 Å². The van der Waals surface area contributed by atoms with E-state index in [1.165, 1.54) is 24.3 Å². The molecule has 0 spiro atoms. The lowest BCUT2D eigenvalue weighted by atomic mass is 10.1. The summed E-state index contributed by atoms with van der Waals surface area (Å²) in [4.78, 5) is 26.9. The number of nitro groups is 1. The van der Waals surface area contributed by atoms with Gasteiger partial charge in [-0.05, 0) is 30.0 Å². The van der Waals surface area contributed by atoms with E-state index in [-0.39, 0.29) is 35.2 Å². The molecule has 1 heterocycles. The average molecular weight is 367 g/mol. The van der Waals surface area contributed by atoms with Gasteiger partial charge in [0.2, 0.25) is 11.9 Å². The number of carbonyl (C=O) groups is 1. The highest BCUT2D eigenvalue weighted by atomic mass is 19.1. The molecule has 0 aliphatic heterocycles. The molecule has 1 aliphatic carbocycles. The molecule has 1 aliphatic rings. The predicted molar refractivity (Wildman–Crippen MR) is 94.4 cm³/mol. The summed E-state index contributed by atoms with van der Waals surface area (Å²) in [6, 6.07) is 12.2. The van der Waals surface area contributed by atoms with Crippen LogP contribution in [-0.2, 0) is 4.79 Å². The van der Waals surface area contributed by atoms with Gasteiger partial charge in [0.1, 0.15) is 5.82 Å². The number of nitrogens with one attached hydrogen (secondary N) is 2. The van der Waals surface area contributed by atoms with Gasteiger partial charge in [-0.1, -0.05) is 24.3 Å². The Hall–Kier alpha value is -3.62. The molecule has 0 saturated heterocycles. The number of halogens is 1. The van der Waals surface area contributed by atoms with Crippen LogP contribution in [0.15, 0.2) is 48.5 Å². The maximum atomic E-state index is 13.3. The fourth-order valence-electron chi connectivity index (χ4n) is 3.01. The zero-order valence-electron chi connectivity index (χ0n) is 13.9. The Bertz CT molecular complexity index is 1040. The molecule has 0 unspecified atom stereocenters. The van der Waals surface area contributed by atoms with Crippen molar-refractivity contribution >= 4 is 17.5 Å². The largest absolute Gasteiger partial charge is 0.293 e. The molecule has 1 amide bonds. The molecule has 8 nitrogen and oxygen atoms in total. The van der Waals surface area contributed by atoms with Crippen molar-refractivity contribution in [2.45, 2.75) is 12.3 Å². The fourth-order valence-corrected chi connectivity index (χ4v) is 3.01. The Balaban J connectivity index is 1.43. The van der Waals surface area contributed by atoms with Gasteiger partial charge in [0, 0.05) is 23.6 Å². The van der Waals surface area contributed by atoms with Gasteiger partial charge in [-0.2, -0.15) is 4.98 Å². The molecule has 1 saturated carbocycles. The summed E-state index contributed by atoms with van der Waals surface area (Å²) in [7, 11) is 0. The molecule has 3 aromatic rings. The Morgan fingerprint density at radius 3 is 2.85 bits per heavy atom. The van der Waals surface area contributed by atoms with Crippen molar-refractivity contribution in [2.24, 2.45) is 5.92 Å². The number of aromatic nitrogens is 3. The lowest BCUT2D eigenvalue weighted by Crippen LogP contribution is -2.15. The first-order chi connectivity index (χ1) is 13.0. The highest BCUT2D eigenvalue weighted by Crippen LogP contribution is 2.48. The van der Waals surface area contributed by atoms with Gasteiger partial charge in [-0.25, -0.2) is 4.39 Å². The van der Waals surface area contributed by atoms with Gasteiger partial charge in [0.15, 0.2) is 5.82 Å². The normalized spacial score (nSPS) is 18.1. The first-order valence-electron chi connectivity index (χ1n) is 8.25. The Labute approximate surface area is 152 Å². The number of benzene rings is 2. The molecule has 9 heteroatoms. The maximum absolute atomic E-state index is 13.3. The second-order valence-corrected chi connectivity index (χ2v) is 6.31. The minimum Gasteiger partial charge on any atom is -0.293 e. The quantitative estimate of drug-likeness (QED) is 0.531. The lowest BCUT2D eigenvalue weighted by molar-refractivity contribution is -0.384. The van der Waals surface area contributed by atoms with Crippen LogP contribution in [0, 0.1) is 21.8 Å². The van der Waals surface area contributed by atoms with Gasteiger partial charge in [-0.15, -0.1) is 5.10 Å². The van der Waals surface area contributed by atoms with Crippen LogP contribution in [0.2, 0.25) is 0 Å². The van der Waals surface area contributed by atoms with Crippen LogP contribution in [0.5, 0.6) is 0 Å². The molecule has 1 fully saturated rings. The first-order valence-corrected chi connectivity index (χ1v) is 8.25. The number of carbonyl (C=O) groups excluding carboxylic acids is 1. The standard InChI is InChI=1S/C18H14FN5O3/c19-12-5-1-3-10(7-12)14-9-15(14)17(25)21-18-20-16(22-23-18)11-4-2-6-13(8-11)24(26)27/h1-8,14-15H,9H2,(H2,20,21,22,23,25)/t14-,15+/m1/s1. The third-order valence-corrected chi connectivity index (χ3v) is 4.45. The van der Waals surface area contributed by atoms with E-state index in [2.05, 4.69) is 20.5 Å². The molecule has 4 rings (SSSR count). The molecule has 2 aromatic carbocycles. The lowest BCUT2D eigenvalue weighted by Gasteiger charge is -2.01. The summed E-state index contributed by atoms with van der Waals surface area (Å²) in [5, 5.41) is 20.1. The number of non-ortho nitro benzene ring substituents is 1. The van der Waals surface area contributed by atoms with Crippen molar-refractivity contribution in [3.05, 3.63) is 70.0 Å². The van der Waals surface area contributed by atoms with E-state index in [0.717, 1.165) is 5.56 Å². The SMILES string of the molecule is O=C(Nc1n[nH]c(-c2cccc([N+](=O)[O-])c2)n1)[C@H]1C[C@@H]1c1cccc(F)c1. The zero-order chi connectivity index (χ0) is 19.0. The third-order valence-electron chi connectivity index (χ3n) is 4.45. The number of hydrogen-bond acceptors (Lipinski definition) is 5. The van der Waals surface area contributed by atoms with Crippen LogP contribution in [0.4, 0.5) is 16.0 Å². The maximum Gasteiger partial charge on any atom is 0.270 e. The van der Waals surface area contributed by atoms with Crippen LogP contribution < -0.4 is 5.32 Å². The number of nitro benzene ring substituents is 1. The van der Waals surface area contributed by atoms with E-state index in [9.17, 15) is 19.3 Å². The molecule has 2 atom stereocenters. The van der Waals surface area contributed by atoms with Crippen molar-refractivity contribution in [1.82, 2.24) is 15.2 Å². The van der Waals surface area contributed by atoms with Crippen molar-refractivity contribution < 1.29 is 14.1 Å². The van der Waals surface area contributed by atoms with E-state index in [0.29, 0.717) is 17.8 Å². The number of rotatable bonds is 5. The number of hydrogen-bond donors (Lipinski definition) is 2. The number of anilines is 1. The number of H-pyrrole nitrogens is 1. The van der Waals surface area contributed by atoms with Crippen molar-refractivity contribution in [2.75, 3.05) is 5.32 Å². The monoisotopic (exact) mass is 367 g/mol. The van der Waals surface area contributed by atoms with Gasteiger partial charge in [0.25, 0.3) is 5.69 Å². The fraction of sp³-hybridized carbons (Fsp3) is 0.167. The van der Waals surface area contributed by atoms with Gasteiger partial charge >= 0.3 is 0 Å². The van der Waals surface area contributed by atoms with Crippen LogP contribution in [0.3, 0.4) is 0 Å². The first kappa shape index (κ1) is 16.8. The number of amides is 1. The topological polar surface area (TPSA) is 114 Å². The summed E-state index contributed by atoms with van der Waals surface area (Å²) in [6.45, 7) is 0. The molecule has 136 valence electrons. The van der Waals surface area contributed by atoms with Gasteiger partial charge < -0.3 is 0 Å². The highest BCUT2D eigenvalue weighted by molar-refractivity contribution is 5.94. The smallest absolute Gasteiger partial charge is 0.270 e. The summed E-state index contributed by atoms with van der Waals surface area (Å²) in [5.41, 5.74) is 1.22. The van der Waals surface area contributed by atoms with E-state index >= 15 is 0 Å². The number of nitrogens with zero attached hydrogens (tertiary/aromatic N) is 3. The Morgan fingerprint density at radius 1 is 1.26 bits per heavy atom. The van der Waals surface area contributed by atoms with Crippen molar-refractivity contribution in [3.8, 4) is 11.4 Å². The average Bonchev–Trinajstić information content (AvgIpc) is 3.34. The van der Waals surface area contributed by atoms with Gasteiger partial charge in [0.05, 0.1) is 4.92 Å². The number of aromatic amines is 1. The minimum absolute atomic E-state index is 0.0177. The summed E-state index contributed by atoms with van der Waals surface area (Å²) in [5.74, 6) is -0.441. The molecular weight excluding hydrogens is 353 g/mol. The molecule has 0 radical (unpaired) electrons. The Morgan fingerprint density at radius 2 is 2.07 bits per heavy atom. The summed E-state index contributed by atoms with van der Waals surface area (Å²) in [6.07, 6.45) is 0.636. The summed E-state index contributed by atoms with van der Waals surface area (Å²) < 4.78 is 13.3. The minimum atomic E-state index is -0.498. The highest BCUT2D eigenvalue weighted by Gasteiger charge is 2.44. The molecule has 2 N–H and O–H groups in total. The molecule has 0 bridgehead atoms. The van der Waals surface area contributed by atoms with Crippen LogP contribution in [0.1, 0.15) is 17.9 Å². The Kier molecular flexibility index (Phi) is 4.11. The van der Waals surface area contributed by atoms with E-state index in [4.69, 9.17) is 0 Å². The second-order valence-electron chi connectivity index (χ2n) is 6.31.